The molecule has 0 saturated heterocycles. The van der Waals surface area contributed by atoms with Crippen LogP contribution in [0.5, 0.6) is 0 Å². The fourth-order valence-corrected chi connectivity index (χ4v) is 4.81. The molecule has 3 aromatic carbocycles. The molecular weight excluding hydrogens is 677 g/mol. The molecule has 0 bridgehead atoms. The van der Waals surface area contributed by atoms with Gasteiger partial charge >= 0.3 is 0 Å². The predicted octanol–water partition coefficient (Wildman–Crippen LogP) is 6.33. The van der Waals surface area contributed by atoms with E-state index in [4.69, 9.17) is 4.98 Å². The summed E-state index contributed by atoms with van der Waals surface area (Å²) in [5.41, 5.74) is 2.93. The van der Waals surface area contributed by atoms with Crippen LogP contribution in [0.4, 0.5) is 0 Å². The van der Waals surface area contributed by atoms with E-state index in [0.717, 1.165) is 39.7 Å². The summed E-state index contributed by atoms with van der Waals surface area (Å²) in [7, 11) is 0. The Morgan fingerprint density at radius 3 is 2.15 bits per heavy atom. The van der Waals surface area contributed by atoms with Gasteiger partial charge in [-0.25, -0.2) is 9.67 Å². The number of aromatic nitrogens is 8. The van der Waals surface area contributed by atoms with E-state index in [9.17, 15) is 0 Å². The molecule has 7 rings (SSSR count). The van der Waals surface area contributed by atoms with Gasteiger partial charge in [0.05, 0.1) is 11.8 Å². The van der Waals surface area contributed by atoms with Crippen LogP contribution in [0.15, 0.2) is 85.6 Å². The zero-order valence-electron chi connectivity index (χ0n) is 22.6. The van der Waals surface area contributed by atoms with E-state index in [1.807, 2.05) is 42.6 Å². The second-order valence-corrected chi connectivity index (χ2v) is 9.90. The van der Waals surface area contributed by atoms with E-state index in [1.54, 1.807) is 11.0 Å². The Hall–Kier alpha value is -4.20. The first-order valence-corrected chi connectivity index (χ1v) is 13.0. The summed E-state index contributed by atoms with van der Waals surface area (Å²) in [6.45, 7) is 8.59. The average Bonchev–Trinajstić information content (AvgIpc) is 3.74. The van der Waals surface area contributed by atoms with Crippen molar-refractivity contribution in [2.45, 2.75) is 39.5 Å². The number of nitrogens with zero attached hydrogens (tertiary/aromatic N) is 8. The van der Waals surface area contributed by atoms with Gasteiger partial charge < -0.3 is 4.40 Å². The van der Waals surface area contributed by atoms with Crippen molar-refractivity contribution in [1.29, 1.82) is 0 Å². The van der Waals surface area contributed by atoms with Gasteiger partial charge in [0.2, 0.25) is 0 Å². The molecular formula is C31H28IrN8-2. The van der Waals surface area contributed by atoms with Crippen LogP contribution in [-0.4, -0.2) is 38.9 Å². The number of fused-ring (bicyclic) bond motifs is 6. The minimum atomic E-state index is 0. The number of hydrogen-bond donors (Lipinski definition) is 0. The third-order valence-corrected chi connectivity index (χ3v) is 6.59. The van der Waals surface area contributed by atoms with E-state index in [0.29, 0.717) is 0 Å². The summed E-state index contributed by atoms with van der Waals surface area (Å²) >= 11 is 0. The Kier molecular flexibility index (Phi) is 7.87. The third-order valence-electron chi connectivity index (χ3n) is 6.59. The minimum absolute atomic E-state index is 0. The Bertz CT molecular complexity index is 1840. The molecule has 1 radical (unpaired) electrons. The van der Waals surface area contributed by atoms with Crippen molar-refractivity contribution in [1.82, 2.24) is 38.9 Å². The second-order valence-electron chi connectivity index (χ2n) is 9.90. The van der Waals surface area contributed by atoms with Gasteiger partial charge in [0, 0.05) is 37.5 Å². The van der Waals surface area contributed by atoms with Crippen LogP contribution in [0.1, 0.15) is 51.2 Å². The molecule has 0 saturated carbocycles. The second kappa shape index (κ2) is 11.5. The van der Waals surface area contributed by atoms with Crippen molar-refractivity contribution in [2.24, 2.45) is 0 Å². The van der Waals surface area contributed by atoms with Crippen LogP contribution in [0.25, 0.3) is 38.8 Å². The van der Waals surface area contributed by atoms with Crippen LogP contribution in [0, 0.1) is 12.1 Å². The van der Waals surface area contributed by atoms with Crippen LogP contribution >= 0.6 is 0 Å². The first-order valence-electron chi connectivity index (χ1n) is 13.0. The van der Waals surface area contributed by atoms with Crippen LogP contribution in [-0.2, 0) is 20.1 Å². The minimum Gasteiger partial charge on any atom is -0.319 e. The Balaban J connectivity index is 0.000000226. The average molecular weight is 705 g/mol. The monoisotopic (exact) mass is 705 g/mol. The zero-order valence-corrected chi connectivity index (χ0v) is 25.0. The Labute approximate surface area is 246 Å². The topological polar surface area (TPSA) is 78.7 Å². The van der Waals surface area contributed by atoms with Crippen molar-refractivity contribution in [3.63, 3.8) is 0 Å². The maximum atomic E-state index is 4.81. The number of hydrogen-bond acceptors (Lipinski definition) is 5. The molecule has 40 heavy (non-hydrogen) atoms. The van der Waals surface area contributed by atoms with E-state index in [-0.39, 0.29) is 31.9 Å². The van der Waals surface area contributed by atoms with Gasteiger partial charge in [-0.1, -0.05) is 51.3 Å². The molecule has 0 amide bonds. The molecule has 0 unspecified atom stereocenters. The van der Waals surface area contributed by atoms with Crippen molar-refractivity contribution < 1.29 is 20.1 Å². The van der Waals surface area contributed by atoms with Crippen molar-refractivity contribution in [3.8, 4) is 11.5 Å². The van der Waals surface area contributed by atoms with Gasteiger partial charge in [0.15, 0.2) is 0 Å². The zero-order chi connectivity index (χ0) is 26.9. The SMILES string of the molecule is CC(C)c1nnc(C(C)C)n1-c1cnc2c3[c-]cccc3c3ccccc3n12.[Ir].[c-]1ccccc1-n1cncn1. The molecule has 8 nitrogen and oxygen atoms in total. The van der Waals surface area contributed by atoms with E-state index in [2.05, 4.69) is 99.4 Å². The number of para-hydroxylation sites is 2. The smallest absolute Gasteiger partial charge is 0.141 e. The molecule has 7 aromatic rings. The van der Waals surface area contributed by atoms with E-state index in [1.165, 1.54) is 17.1 Å². The van der Waals surface area contributed by atoms with Gasteiger partial charge in [0.25, 0.3) is 0 Å². The molecule has 0 aliphatic carbocycles. The van der Waals surface area contributed by atoms with Gasteiger partial charge in [-0.05, 0) is 17.1 Å². The number of benzene rings is 3. The first-order chi connectivity index (χ1) is 19.0. The van der Waals surface area contributed by atoms with Crippen LogP contribution in [0.2, 0.25) is 0 Å². The molecule has 9 heteroatoms. The van der Waals surface area contributed by atoms with Gasteiger partial charge in [-0.3, -0.25) is 9.55 Å². The molecule has 0 spiro atoms. The molecule has 4 aromatic heterocycles. The molecule has 0 fully saturated rings. The largest absolute Gasteiger partial charge is 0.319 e. The van der Waals surface area contributed by atoms with Crippen molar-refractivity contribution in [2.75, 3.05) is 0 Å². The van der Waals surface area contributed by atoms with Gasteiger partial charge in [0.1, 0.15) is 30.1 Å². The van der Waals surface area contributed by atoms with Crippen LogP contribution < -0.4 is 0 Å². The number of rotatable bonds is 4. The van der Waals surface area contributed by atoms with Crippen molar-refractivity contribution in [3.05, 3.63) is 109 Å². The summed E-state index contributed by atoms with van der Waals surface area (Å²) < 4.78 is 6.06. The van der Waals surface area contributed by atoms with Gasteiger partial charge in [-0.2, -0.15) is 29.4 Å². The summed E-state index contributed by atoms with van der Waals surface area (Å²) in [6.07, 6.45) is 5.08. The van der Waals surface area contributed by atoms with Gasteiger partial charge in [-0.15, -0.1) is 45.9 Å². The summed E-state index contributed by atoms with van der Waals surface area (Å²) in [5, 5.41) is 16.4. The van der Waals surface area contributed by atoms with Crippen LogP contribution in [0.3, 0.4) is 0 Å². The predicted molar refractivity (Wildman–Crippen MR) is 152 cm³/mol. The van der Waals surface area contributed by atoms with Crippen molar-refractivity contribution >= 4 is 27.3 Å². The van der Waals surface area contributed by atoms with E-state index >= 15 is 0 Å². The molecule has 203 valence electrons. The molecule has 0 N–H and O–H groups in total. The summed E-state index contributed by atoms with van der Waals surface area (Å²) in [6, 6.07) is 28.6. The number of imidazole rings is 1. The molecule has 0 atom stereocenters. The van der Waals surface area contributed by atoms with E-state index < -0.39 is 0 Å². The molecule has 0 aliphatic rings. The fraction of sp³-hybridized carbons (Fsp3) is 0.194. The summed E-state index contributed by atoms with van der Waals surface area (Å²) in [5.74, 6) is 3.38. The fourth-order valence-electron chi connectivity index (χ4n) is 4.81. The Morgan fingerprint density at radius 2 is 1.48 bits per heavy atom. The third kappa shape index (κ3) is 4.83. The quantitative estimate of drug-likeness (QED) is 0.158. The first kappa shape index (κ1) is 27.4. The number of pyridine rings is 1. The Morgan fingerprint density at radius 1 is 0.775 bits per heavy atom. The molecule has 0 aliphatic heterocycles. The normalized spacial score (nSPS) is 11.2. The maximum Gasteiger partial charge on any atom is 0.141 e. The maximum absolute atomic E-state index is 4.81. The molecule has 4 heterocycles. The standard InChI is InChI=1S/C23H22N5.C8H6N3.Ir/c1-14(2)21-25-26-22(15(3)4)28(21)20-13-24-23-18-11-6-5-9-16(18)17-10-7-8-12-19(17)27(20)23;1-2-4-8(5-3-1)11-7-9-6-10-11;/h5-10,12-15H,1-4H3;1-4,6-7H;/q2*-1;. The summed E-state index contributed by atoms with van der Waals surface area (Å²) in [4.78, 5) is 8.64.